The average molecular weight is 468 g/mol. The lowest BCUT2D eigenvalue weighted by molar-refractivity contribution is -0.383. The number of hydrogen-bond donors (Lipinski definition) is 1. The molecule has 172 valence electrons. The van der Waals surface area contributed by atoms with Crippen molar-refractivity contribution >= 4 is 28.6 Å². The van der Waals surface area contributed by atoms with Gasteiger partial charge in [0.15, 0.2) is 0 Å². The summed E-state index contributed by atoms with van der Waals surface area (Å²) in [5.74, 6) is 0.753. The van der Waals surface area contributed by atoms with Crippen molar-refractivity contribution in [3.8, 4) is 16.3 Å². The van der Waals surface area contributed by atoms with E-state index in [1.54, 1.807) is 41.5 Å². The van der Waals surface area contributed by atoms with Gasteiger partial charge < -0.3 is 15.0 Å². The molecule has 1 N–H and O–H groups in total. The summed E-state index contributed by atoms with van der Waals surface area (Å²) in [6, 6.07) is 14.2. The third kappa shape index (κ3) is 5.65. The first-order valence-electron chi connectivity index (χ1n) is 10.6. The first-order valence-corrected chi connectivity index (χ1v) is 11.5. The highest BCUT2D eigenvalue weighted by Gasteiger charge is 2.22. The Morgan fingerprint density at radius 2 is 1.88 bits per heavy atom. The number of para-hydroxylation sites is 2. The standard InChI is InChI=1S/C23H25N5O4S/c1-32-19-8-6-17(7-9-19)23-25-18(16-33-23)15-26-10-12-27(13-11-26)22(29)14-24-20-4-2-3-5-21(20)28(30)31/h2-9,16,24H,10-15H2,1H3. The summed E-state index contributed by atoms with van der Waals surface area (Å²) in [7, 11) is 1.65. The van der Waals surface area contributed by atoms with Gasteiger partial charge in [-0.15, -0.1) is 11.3 Å². The van der Waals surface area contributed by atoms with Crippen LogP contribution in [0, 0.1) is 10.1 Å². The van der Waals surface area contributed by atoms with Gasteiger partial charge in [-0.1, -0.05) is 12.1 Å². The molecule has 2 aromatic carbocycles. The number of piperazine rings is 1. The van der Waals surface area contributed by atoms with Crippen molar-refractivity contribution in [1.29, 1.82) is 0 Å². The molecule has 4 rings (SSSR count). The second-order valence-corrected chi connectivity index (χ2v) is 8.52. The Morgan fingerprint density at radius 3 is 2.58 bits per heavy atom. The zero-order valence-corrected chi connectivity index (χ0v) is 19.1. The van der Waals surface area contributed by atoms with Crippen molar-refractivity contribution in [3.05, 3.63) is 69.7 Å². The van der Waals surface area contributed by atoms with Crippen molar-refractivity contribution in [2.24, 2.45) is 0 Å². The van der Waals surface area contributed by atoms with Crippen LogP contribution in [0.25, 0.3) is 10.6 Å². The SMILES string of the molecule is COc1ccc(-c2nc(CN3CCN(C(=O)CNc4ccccc4[N+](=O)[O-])CC3)cs2)cc1. The van der Waals surface area contributed by atoms with Crippen molar-refractivity contribution in [2.45, 2.75) is 6.54 Å². The Bertz CT molecular complexity index is 1110. The smallest absolute Gasteiger partial charge is 0.292 e. The topological polar surface area (TPSA) is 101 Å². The summed E-state index contributed by atoms with van der Waals surface area (Å²) in [6.45, 7) is 3.52. The number of benzene rings is 2. The van der Waals surface area contributed by atoms with Crippen LogP contribution in [-0.4, -0.2) is 65.4 Å². The molecule has 0 atom stereocenters. The molecule has 0 radical (unpaired) electrons. The summed E-state index contributed by atoms with van der Waals surface area (Å²) >= 11 is 1.62. The number of thiazole rings is 1. The van der Waals surface area contributed by atoms with Gasteiger partial charge in [0.1, 0.15) is 16.4 Å². The van der Waals surface area contributed by atoms with Gasteiger partial charge in [-0.05, 0) is 30.3 Å². The highest BCUT2D eigenvalue weighted by molar-refractivity contribution is 7.13. The maximum absolute atomic E-state index is 12.6. The van der Waals surface area contributed by atoms with Crippen LogP contribution < -0.4 is 10.1 Å². The Hall–Kier alpha value is -3.50. The van der Waals surface area contributed by atoms with Gasteiger partial charge in [0.2, 0.25) is 5.91 Å². The van der Waals surface area contributed by atoms with Gasteiger partial charge in [0.05, 0.1) is 24.3 Å². The predicted octanol–water partition coefficient (Wildman–Crippen LogP) is 3.48. The van der Waals surface area contributed by atoms with Crippen molar-refractivity contribution in [1.82, 2.24) is 14.8 Å². The summed E-state index contributed by atoms with van der Waals surface area (Å²) in [4.78, 5) is 32.1. The van der Waals surface area contributed by atoms with Crippen LogP contribution in [0.4, 0.5) is 11.4 Å². The number of carbonyl (C=O) groups is 1. The zero-order chi connectivity index (χ0) is 23.2. The first-order chi connectivity index (χ1) is 16.0. The quantitative estimate of drug-likeness (QED) is 0.400. The van der Waals surface area contributed by atoms with Gasteiger partial charge >= 0.3 is 0 Å². The van der Waals surface area contributed by atoms with E-state index >= 15 is 0 Å². The van der Waals surface area contributed by atoms with E-state index in [1.165, 1.54) is 6.07 Å². The molecule has 0 spiro atoms. The van der Waals surface area contributed by atoms with Crippen LogP contribution in [0.1, 0.15) is 5.69 Å². The number of hydrogen-bond acceptors (Lipinski definition) is 8. The second-order valence-electron chi connectivity index (χ2n) is 7.66. The first kappa shape index (κ1) is 22.7. The Morgan fingerprint density at radius 1 is 1.15 bits per heavy atom. The number of nitrogens with one attached hydrogen (secondary N) is 1. The molecule has 0 bridgehead atoms. The maximum Gasteiger partial charge on any atom is 0.292 e. The lowest BCUT2D eigenvalue weighted by Gasteiger charge is -2.34. The summed E-state index contributed by atoms with van der Waals surface area (Å²) in [6.07, 6.45) is 0. The van der Waals surface area contributed by atoms with E-state index in [0.717, 1.165) is 41.6 Å². The van der Waals surface area contributed by atoms with Crippen molar-refractivity contribution < 1.29 is 14.5 Å². The molecule has 0 aliphatic carbocycles. The monoisotopic (exact) mass is 467 g/mol. The van der Waals surface area contributed by atoms with Crippen molar-refractivity contribution in [3.63, 3.8) is 0 Å². The van der Waals surface area contributed by atoms with Gasteiger partial charge in [0.25, 0.3) is 5.69 Å². The molecular formula is C23H25N5O4S. The van der Waals surface area contributed by atoms with Crippen molar-refractivity contribution in [2.75, 3.05) is 45.2 Å². The molecule has 1 amide bonds. The fourth-order valence-corrected chi connectivity index (χ4v) is 4.51. The van der Waals surface area contributed by atoms with E-state index in [9.17, 15) is 14.9 Å². The molecule has 1 saturated heterocycles. The fourth-order valence-electron chi connectivity index (χ4n) is 3.70. The van der Waals surface area contributed by atoms with E-state index in [2.05, 4.69) is 15.6 Å². The van der Waals surface area contributed by atoms with Crippen LogP contribution in [0.15, 0.2) is 53.9 Å². The Labute approximate surface area is 195 Å². The number of methoxy groups -OCH3 is 1. The number of carbonyl (C=O) groups excluding carboxylic acids is 1. The number of ether oxygens (including phenoxy) is 1. The number of nitro benzene ring substituents is 1. The van der Waals surface area contributed by atoms with Crippen LogP contribution in [0.5, 0.6) is 5.75 Å². The normalized spacial score (nSPS) is 14.2. The third-order valence-electron chi connectivity index (χ3n) is 5.53. The lowest BCUT2D eigenvalue weighted by Crippen LogP contribution is -2.49. The molecule has 1 aliphatic heterocycles. The molecule has 9 nitrogen and oxygen atoms in total. The van der Waals surface area contributed by atoms with Crippen LogP contribution in [-0.2, 0) is 11.3 Å². The Balaban J connectivity index is 1.26. The van der Waals surface area contributed by atoms with Gasteiger partial charge in [0, 0.05) is 49.7 Å². The van der Waals surface area contributed by atoms with E-state index in [4.69, 9.17) is 9.72 Å². The number of amides is 1. The van der Waals surface area contributed by atoms with Crippen LogP contribution >= 0.6 is 11.3 Å². The minimum absolute atomic E-state index is 0.0299. The van der Waals surface area contributed by atoms with E-state index in [-0.39, 0.29) is 18.1 Å². The second kappa shape index (κ2) is 10.4. The minimum atomic E-state index is -0.454. The Kier molecular flexibility index (Phi) is 7.16. The maximum atomic E-state index is 12.6. The lowest BCUT2D eigenvalue weighted by atomic mass is 10.2. The molecule has 3 aromatic rings. The minimum Gasteiger partial charge on any atom is -0.497 e. The van der Waals surface area contributed by atoms with Gasteiger partial charge in [-0.25, -0.2) is 4.98 Å². The molecular weight excluding hydrogens is 442 g/mol. The van der Waals surface area contributed by atoms with E-state index in [1.807, 2.05) is 24.3 Å². The predicted molar refractivity (Wildman–Crippen MR) is 128 cm³/mol. The highest BCUT2D eigenvalue weighted by Crippen LogP contribution is 2.26. The molecule has 10 heteroatoms. The molecule has 33 heavy (non-hydrogen) atoms. The number of nitrogens with zero attached hydrogens (tertiary/aromatic N) is 4. The van der Waals surface area contributed by atoms with Crippen LogP contribution in [0.2, 0.25) is 0 Å². The zero-order valence-electron chi connectivity index (χ0n) is 18.3. The number of rotatable bonds is 8. The summed E-state index contributed by atoms with van der Waals surface area (Å²) < 4.78 is 5.21. The molecule has 1 fully saturated rings. The number of nitro groups is 1. The fraction of sp³-hybridized carbons (Fsp3) is 0.304. The number of aromatic nitrogens is 1. The molecule has 1 aliphatic rings. The largest absolute Gasteiger partial charge is 0.497 e. The van der Waals surface area contributed by atoms with Gasteiger partial charge in [-0.2, -0.15) is 0 Å². The van der Waals surface area contributed by atoms with E-state index in [0.29, 0.717) is 18.8 Å². The summed E-state index contributed by atoms with van der Waals surface area (Å²) in [5.41, 5.74) is 2.40. The molecule has 0 saturated carbocycles. The number of anilines is 1. The summed E-state index contributed by atoms with van der Waals surface area (Å²) in [5, 5.41) is 17.1. The molecule has 2 heterocycles. The molecule has 0 unspecified atom stereocenters. The average Bonchev–Trinajstić information content (AvgIpc) is 3.31. The van der Waals surface area contributed by atoms with Gasteiger partial charge in [-0.3, -0.25) is 19.8 Å². The highest BCUT2D eigenvalue weighted by atomic mass is 32.1. The third-order valence-corrected chi connectivity index (χ3v) is 6.47. The van der Waals surface area contributed by atoms with E-state index < -0.39 is 4.92 Å². The molecule has 1 aromatic heterocycles. The van der Waals surface area contributed by atoms with Crippen LogP contribution in [0.3, 0.4) is 0 Å².